The van der Waals surface area contributed by atoms with E-state index in [0.29, 0.717) is 11.5 Å². The molecule has 0 aromatic carbocycles. The number of carbonyl (C=O) groups is 1. The summed E-state index contributed by atoms with van der Waals surface area (Å²) in [6, 6.07) is 5.21. The normalized spacial score (nSPS) is 9.33. The Morgan fingerprint density at radius 3 is 2.67 bits per heavy atom. The molecule has 0 amide bonds. The SMILES string of the molecule is O=C([O-])c1ncc(-c2ccccn2)o1.[Na+]. The van der Waals surface area contributed by atoms with E-state index < -0.39 is 11.9 Å². The predicted molar refractivity (Wildman–Crippen MR) is 44.1 cm³/mol. The van der Waals surface area contributed by atoms with Crippen molar-refractivity contribution in [3.05, 3.63) is 36.5 Å². The number of hydrogen-bond acceptors (Lipinski definition) is 5. The van der Waals surface area contributed by atoms with Crippen LogP contribution >= 0.6 is 0 Å². The number of carboxylic acids is 1. The second-order valence-electron chi connectivity index (χ2n) is 2.53. The summed E-state index contributed by atoms with van der Waals surface area (Å²) < 4.78 is 4.90. The zero-order valence-corrected chi connectivity index (χ0v) is 10.0. The van der Waals surface area contributed by atoms with Gasteiger partial charge in [-0.3, -0.25) is 4.98 Å². The van der Waals surface area contributed by atoms with Crippen LogP contribution in [-0.4, -0.2) is 15.9 Å². The fraction of sp³-hybridized carbons (Fsp3) is 0. The van der Waals surface area contributed by atoms with Crippen molar-refractivity contribution in [2.75, 3.05) is 0 Å². The molecule has 0 N–H and O–H groups in total. The third kappa shape index (κ3) is 2.65. The van der Waals surface area contributed by atoms with Crippen LogP contribution in [0.25, 0.3) is 11.5 Å². The van der Waals surface area contributed by atoms with E-state index in [4.69, 9.17) is 4.42 Å². The zero-order valence-electron chi connectivity index (χ0n) is 8.01. The summed E-state index contributed by atoms with van der Waals surface area (Å²) in [4.78, 5) is 17.9. The number of hydrogen-bond donors (Lipinski definition) is 0. The Balaban J connectivity index is 0.00000112. The van der Waals surface area contributed by atoms with Gasteiger partial charge >= 0.3 is 29.6 Å². The maximum absolute atomic E-state index is 10.4. The molecule has 5 nitrogen and oxygen atoms in total. The molecule has 0 spiro atoms. The number of nitrogens with zero attached hydrogens (tertiary/aromatic N) is 2. The molecule has 0 aliphatic rings. The molecule has 0 bridgehead atoms. The van der Waals surface area contributed by atoms with Crippen LogP contribution in [0.1, 0.15) is 10.7 Å². The number of carboxylic acid groups (broad SMARTS) is 1. The summed E-state index contributed by atoms with van der Waals surface area (Å²) in [5.74, 6) is -1.57. The van der Waals surface area contributed by atoms with Crippen LogP contribution in [0, 0.1) is 0 Å². The summed E-state index contributed by atoms with van der Waals surface area (Å²) in [6.07, 6.45) is 2.88. The van der Waals surface area contributed by atoms with Crippen LogP contribution in [0.15, 0.2) is 35.0 Å². The maximum atomic E-state index is 10.4. The fourth-order valence-corrected chi connectivity index (χ4v) is 0.995. The molecule has 2 rings (SSSR count). The third-order valence-electron chi connectivity index (χ3n) is 1.60. The molecule has 0 saturated carbocycles. The Labute approximate surface area is 107 Å². The average molecular weight is 212 g/mol. The van der Waals surface area contributed by atoms with Crippen molar-refractivity contribution in [2.24, 2.45) is 0 Å². The molecule has 0 aliphatic heterocycles. The molecule has 2 aromatic rings. The van der Waals surface area contributed by atoms with Gasteiger partial charge in [0.2, 0.25) is 5.89 Å². The van der Waals surface area contributed by atoms with Crippen LogP contribution in [-0.2, 0) is 0 Å². The van der Waals surface area contributed by atoms with Crippen molar-refractivity contribution >= 4 is 5.97 Å². The number of aromatic carboxylic acids is 1. The first-order valence-electron chi connectivity index (χ1n) is 3.86. The second-order valence-corrected chi connectivity index (χ2v) is 2.53. The summed E-state index contributed by atoms with van der Waals surface area (Å²) in [6.45, 7) is 0. The van der Waals surface area contributed by atoms with Crippen molar-refractivity contribution in [1.29, 1.82) is 0 Å². The maximum Gasteiger partial charge on any atom is 1.00 e. The standard InChI is InChI=1S/C9H6N2O3.Na/c12-9(13)8-11-5-7(14-8)6-3-1-2-4-10-6;/h1-5H,(H,12,13);/q;+1/p-1. The van der Waals surface area contributed by atoms with Gasteiger partial charge in [0.1, 0.15) is 11.7 Å². The molecular formula is C9H5N2NaO3. The van der Waals surface area contributed by atoms with Gasteiger partial charge in [0, 0.05) is 6.20 Å². The Kier molecular flexibility index (Phi) is 4.02. The van der Waals surface area contributed by atoms with Gasteiger partial charge in [-0.25, -0.2) is 4.98 Å². The smallest absolute Gasteiger partial charge is 0.540 e. The first-order valence-corrected chi connectivity index (χ1v) is 3.86. The summed E-state index contributed by atoms with van der Waals surface area (Å²) >= 11 is 0. The quantitative estimate of drug-likeness (QED) is 0.499. The van der Waals surface area contributed by atoms with Gasteiger partial charge in [-0.15, -0.1) is 0 Å². The molecule has 15 heavy (non-hydrogen) atoms. The molecule has 0 aliphatic carbocycles. The average Bonchev–Trinajstić information content (AvgIpc) is 2.68. The van der Waals surface area contributed by atoms with Gasteiger partial charge in [0.15, 0.2) is 5.76 Å². The Hall–Kier alpha value is -1.17. The van der Waals surface area contributed by atoms with Gasteiger partial charge < -0.3 is 14.3 Å². The Morgan fingerprint density at radius 1 is 1.33 bits per heavy atom. The van der Waals surface area contributed by atoms with Gasteiger partial charge in [-0.1, -0.05) is 6.07 Å². The summed E-state index contributed by atoms with van der Waals surface area (Å²) in [5.41, 5.74) is 0.535. The molecule has 0 radical (unpaired) electrons. The van der Waals surface area contributed by atoms with E-state index in [1.165, 1.54) is 6.20 Å². The zero-order chi connectivity index (χ0) is 9.97. The summed E-state index contributed by atoms with van der Waals surface area (Å²) in [7, 11) is 0. The Morgan fingerprint density at radius 2 is 2.13 bits per heavy atom. The molecule has 2 heterocycles. The molecule has 0 fully saturated rings. The van der Waals surface area contributed by atoms with E-state index in [2.05, 4.69) is 9.97 Å². The minimum Gasteiger partial charge on any atom is -0.540 e. The molecule has 6 heteroatoms. The van der Waals surface area contributed by atoms with Crippen LogP contribution in [0.4, 0.5) is 0 Å². The number of carbonyl (C=O) groups excluding carboxylic acids is 1. The molecular weight excluding hydrogens is 207 g/mol. The van der Waals surface area contributed by atoms with E-state index in [1.807, 2.05) is 0 Å². The van der Waals surface area contributed by atoms with Gasteiger partial charge in [-0.2, -0.15) is 0 Å². The topological polar surface area (TPSA) is 79.0 Å². The van der Waals surface area contributed by atoms with Crippen LogP contribution in [0.2, 0.25) is 0 Å². The third-order valence-corrected chi connectivity index (χ3v) is 1.60. The number of oxazole rings is 1. The molecule has 70 valence electrons. The van der Waals surface area contributed by atoms with Gasteiger partial charge in [0.25, 0.3) is 0 Å². The van der Waals surface area contributed by atoms with Crippen LogP contribution in [0.5, 0.6) is 0 Å². The minimum absolute atomic E-state index is 0. The number of pyridine rings is 1. The summed E-state index contributed by atoms with van der Waals surface area (Å²) in [5, 5.41) is 10.4. The van der Waals surface area contributed by atoms with Gasteiger partial charge in [0.05, 0.1) is 6.20 Å². The number of aromatic nitrogens is 2. The molecule has 2 aromatic heterocycles. The number of rotatable bonds is 2. The Bertz CT molecular complexity index is 455. The van der Waals surface area contributed by atoms with Crippen molar-refractivity contribution in [3.8, 4) is 11.5 Å². The van der Waals surface area contributed by atoms with E-state index in [9.17, 15) is 9.90 Å². The van der Waals surface area contributed by atoms with E-state index in [-0.39, 0.29) is 29.6 Å². The molecule has 0 unspecified atom stereocenters. The van der Waals surface area contributed by atoms with Crippen LogP contribution < -0.4 is 34.7 Å². The van der Waals surface area contributed by atoms with Crippen molar-refractivity contribution in [3.63, 3.8) is 0 Å². The monoisotopic (exact) mass is 212 g/mol. The van der Waals surface area contributed by atoms with Gasteiger partial charge in [-0.05, 0) is 12.1 Å². The minimum atomic E-state index is -1.44. The first kappa shape index (κ1) is 11.9. The van der Waals surface area contributed by atoms with Crippen molar-refractivity contribution in [1.82, 2.24) is 9.97 Å². The van der Waals surface area contributed by atoms with Crippen molar-refractivity contribution < 1.29 is 43.9 Å². The van der Waals surface area contributed by atoms with E-state index in [1.54, 1.807) is 24.4 Å². The molecule has 0 saturated heterocycles. The second kappa shape index (κ2) is 5.06. The van der Waals surface area contributed by atoms with E-state index >= 15 is 0 Å². The fourth-order valence-electron chi connectivity index (χ4n) is 0.995. The van der Waals surface area contributed by atoms with Crippen LogP contribution in [0.3, 0.4) is 0 Å². The first-order chi connectivity index (χ1) is 6.77. The van der Waals surface area contributed by atoms with E-state index in [0.717, 1.165) is 0 Å². The molecule has 0 atom stereocenters. The largest absolute Gasteiger partial charge is 1.00 e. The van der Waals surface area contributed by atoms with Crippen molar-refractivity contribution in [2.45, 2.75) is 0 Å². The predicted octanol–water partition coefficient (Wildman–Crippen LogP) is -2.90.